The van der Waals surface area contributed by atoms with Gasteiger partial charge in [0.05, 0.1) is 30.1 Å². The van der Waals surface area contributed by atoms with Gasteiger partial charge >= 0.3 is 0 Å². The van der Waals surface area contributed by atoms with Crippen LogP contribution in [0.25, 0.3) is 11.3 Å². The van der Waals surface area contributed by atoms with E-state index in [1.165, 1.54) is 5.56 Å². The first-order chi connectivity index (χ1) is 18.5. The summed E-state index contributed by atoms with van der Waals surface area (Å²) in [5.41, 5.74) is 1.94. The number of amides is 2. The number of aromatic nitrogens is 2. The lowest BCUT2D eigenvalue weighted by Crippen LogP contribution is -2.54. The molecule has 38 heavy (non-hydrogen) atoms. The molecule has 5 rings (SSSR count). The highest BCUT2D eigenvalue weighted by atomic mass is 16.3. The third-order valence-corrected chi connectivity index (χ3v) is 8.01. The number of piperazine rings is 1. The fraction of sp³-hybridized carbons (Fsp3) is 0.433. The number of rotatable bonds is 7. The van der Waals surface area contributed by atoms with Crippen LogP contribution in [0.2, 0.25) is 0 Å². The van der Waals surface area contributed by atoms with E-state index in [1.807, 2.05) is 58.0 Å². The van der Waals surface area contributed by atoms with E-state index in [2.05, 4.69) is 27.8 Å². The maximum Gasteiger partial charge on any atom is 0.275 e. The molecular weight excluding hydrogens is 478 g/mol. The second kappa shape index (κ2) is 11.5. The van der Waals surface area contributed by atoms with Crippen LogP contribution >= 0.6 is 0 Å². The predicted molar refractivity (Wildman–Crippen MR) is 147 cm³/mol. The Morgan fingerprint density at radius 3 is 2.58 bits per heavy atom. The van der Waals surface area contributed by atoms with Crippen molar-refractivity contribution in [3.05, 3.63) is 78.2 Å². The van der Waals surface area contributed by atoms with Crippen molar-refractivity contribution in [1.82, 2.24) is 25.1 Å². The molecular formula is C30H37N5O3. The Labute approximate surface area is 224 Å². The number of nitrogens with one attached hydrogen (secondary N) is 2. The summed E-state index contributed by atoms with van der Waals surface area (Å²) in [4.78, 5) is 33.2. The summed E-state index contributed by atoms with van der Waals surface area (Å²) in [7, 11) is 1.59. The summed E-state index contributed by atoms with van der Waals surface area (Å²) in [5.74, 6) is -0.294. The lowest BCUT2D eigenvalue weighted by atomic mass is 9.77. The van der Waals surface area contributed by atoms with E-state index >= 15 is 0 Å². The van der Waals surface area contributed by atoms with Crippen LogP contribution in [0.3, 0.4) is 0 Å². The smallest absolute Gasteiger partial charge is 0.275 e. The normalized spacial score (nSPS) is 23.7. The molecule has 200 valence electrons. The molecule has 1 aromatic heterocycles. The topological polar surface area (TPSA) is 99.5 Å². The molecule has 3 atom stereocenters. The minimum atomic E-state index is -1.21. The average molecular weight is 516 g/mol. The number of carbonyl (C=O) groups excluding carboxylic acids is 2. The van der Waals surface area contributed by atoms with E-state index < -0.39 is 5.60 Å². The third kappa shape index (κ3) is 5.37. The molecule has 2 aliphatic rings. The molecule has 0 spiro atoms. The molecule has 0 bridgehead atoms. The number of hydrogen-bond acceptors (Lipinski definition) is 5. The van der Waals surface area contributed by atoms with Gasteiger partial charge in [-0.05, 0) is 24.8 Å². The van der Waals surface area contributed by atoms with Crippen molar-refractivity contribution in [3.63, 3.8) is 0 Å². The molecule has 3 N–H and O–H groups in total. The standard InChI is InChI=1S/C30H37N5O3/c1-31-26(36)19-30(38)15-9-8-14-25(30)35-21-33-27(28(35)23-12-6-3-7-13-23)29(37)34-17-16-32-20-24(34)18-22-10-4-2-5-11-22/h2-7,10-13,21,24-25,32,38H,8-9,14-20H2,1H3,(H,31,36)/t24-,25+,30?/m1/s1. The Morgan fingerprint density at radius 1 is 1.11 bits per heavy atom. The van der Waals surface area contributed by atoms with E-state index in [9.17, 15) is 14.7 Å². The Bertz CT molecular complexity index is 1250. The molecule has 1 unspecified atom stereocenters. The van der Waals surface area contributed by atoms with Crippen molar-refractivity contribution in [2.45, 2.75) is 56.2 Å². The van der Waals surface area contributed by atoms with Crippen LogP contribution in [0.1, 0.15) is 54.2 Å². The fourth-order valence-electron chi connectivity index (χ4n) is 6.04. The largest absolute Gasteiger partial charge is 0.387 e. The molecule has 3 aromatic rings. The van der Waals surface area contributed by atoms with E-state index in [0.717, 1.165) is 37.9 Å². The molecule has 0 radical (unpaired) electrons. The van der Waals surface area contributed by atoms with Gasteiger partial charge in [-0.2, -0.15) is 0 Å². The van der Waals surface area contributed by atoms with Gasteiger partial charge in [0, 0.05) is 38.3 Å². The minimum Gasteiger partial charge on any atom is -0.387 e. The summed E-state index contributed by atoms with van der Waals surface area (Å²) in [5, 5.41) is 17.8. The SMILES string of the molecule is CNC(=O)CC1(O)CCCC[C@@H]1n1cnc(C(=O)N2CCNC[C@H]2Cc2ccccc2)c1-c1ccccc1. The minimum absolute atomic E-state index is 0.00675. The van der Waals surface area contributed by atoms with Crippen LogP contribution in [0.5, 0.6) is 0 Å². The van der Waals surface area contributed by atoms with Crippen molar-refractivity contribution in [2.24, 2.45) is 0 Å². The second-order valence-corrected chi connectivity index (χ2v) is 10.5. The molecule has 2 aromatic carbocycles. The average Bonchev–Trinajstić information content (AvgIpc) is 3.39. The lowest BCUT2D eigenvalue weighted by Gasteiger charge is -2.41. The zero-order valence-electron chi connectivity index (χ0n) is 22.0. The molecule has 8 heteroatoms. The van der Waals surface area contributed by atoms with E-state index in [-0.39, 0.29) is 30.3 Å². The van der Waals surface area contributed by atoms with Gasteiger partial charge in [-0.1, -0.05) is 73.5 Å². The highest BCUT2D eigenvalue weighted by Gasteiger charge is 2.43. The Hall–Kier alpha value is -3.49. The van der Waals surface area contributed by atoms with Crippen molar-refractivity contribution in [1.29, 1.82) is 0 Å². The monoisotopic (exact) mass is 515 g/mol. The fourth-order valence-corrected chi connectivity index (χ4v) is 6.04. The zero-order valence-corrected chi connectivity index (χ0v) is 22.0. The number of nitrogens with zero attached hydrogens (tertiary/aromatic N) is 3. The number of aliphatic hydroxyl groups is 1. The van der Waals surface area contributed by atoms with Gasteiger partial charge in [0.25, 0.3) is 5.91 Å². The van der Waals surface area contributed by atoms with E-state index in [0.29, 0.717) is 30.8 Å². The van der Waals surface area contributed by atoms with Crippen molar-refractivity contribution in [3.8, 4) is 11.3 Å². The predicted octanol–water partition coefficient (Wildman–Crippen LogP) is 3.19. The van der Waals surface area contributed by atoms with Gasteiger partial charge in [-0.25, -0.2) is 4.98 Å². The first kappa shape index (κ1) is 26.1. The zero-order chi connectivity index (χ0) is 26.5. The van der Waals surface area contributed by atoms with Crippen LogP contribution in [-0.4, -0.2) is 69.7 Å². The van der Waals surface area contributed by atoms with Crippen LogP contribution in [0.4, 0.5) is 0 Å². The first-order valence-corrected chi connectivity index (χ1v) is 13.6. The Balaban J connectivity index is 1.53. The van der Waals surface area contributed by atoms with Crippen molar-refractivity contribution >= 4 is 11.8 Å². The maximum atomic E-state index is 14.2. The summed E-state index contributed by atoms with van der Waals surface area (Å²) in [6.45, 7) is 2.05. The molecule has 2 fully saturated rings. The van der Waals surface area contributed by atoms with E-state index in [1.54, 1.807) is 13.4 Å². The van der Waals surface area contributed by atoms with Gasteiger partial charge in [0.2, 0.25) is 5.91 Å². The van der Waals surface area contributed by atoms with Crippen LogP contribution < -0.4 is 10.6 Å². The number of benzene rings is 2. The number of hydrogen-bond donors (Lipinski definition) is 3. The van der Waals surface area contributed by atoms with Crippen LogP contribution in [-0.2, 0) is 11.2 Å². The molecule has 1 aliphatic carbocycles. The highest BCUT2D eigenvalue weighted by molar-refractivity contribution is 5.98. The van der Waals surface area contributed by atoms with Gasteiger partial charge in [-0.15, -0.1) is 0 Å². The highest BCUT2D eigenvalue weighted by Crippen LogP contribution is 2.42. The lowest BCUT2D eigenvalue weighted by molar-refractivity contribution is -0.129. The summed E-state index contributed by atoms with van der Waals surface area (Å²) >= 11 is 0. The molecule has 2 amide bonds. The molecule has 1 saturated carbocycles. The molecule has 1 saturated heterocycles. The van der Waals surface area contributed by atoms with Gasteiger partial charge in [0.15, 0.2) is 5.69 Å². The van der Waals surface area contributed by atoms with Crippen LogP contribution in [0.15, 0.2) is 67.0 Å². The summed E-state index contributed by atoms with van der Waals surface area (Å²) < 4.78 is 1.96. The third-order valence-electron chi connectivity index (χ3n) is 8.01. The summed E-state index contributed by atoms with van der Waals surface area (Å²) in [6.07, 6.45) is 5.49. The molecule has 2 heterocycles. The van der Waals surface area contributed by atoms with Crippen LogP contribution in [0, 0.1) is 0 Å². The first-order valence-electron chi connectivity index (χ1n) is 13.6. The number of carbonyl (C=O) groups is 2. The van der Waals surface area contributed by atoms with E-state index in [4.69, 9.17) is 0 Å². The number of imidazole rings is 1. The van der Waals surface area contributed by atoms with Gasteiger partial charge in [0.1, 0.15) is 0 Å². The van der Waals surface area contributed by atoms with Gasteiger partial charge in [-0.3, -0.25) is 9.59 Å². The Morgan fingerprint density at radius 2 is 1.84 bits per heavy atom. The molecule has 8 nitrogen and oxygen atoms in total. The Kier molecular flexibility index (Phi) is 7.90. The summed E-state index contributed by atoms with van der Waals surface area (Å²) in [6, 6.07) is 19.7. The van der Waals surface area contributed by atoms with Crippen molar-refractivity contribution < 1.29 is 14.7 Å². The maximum absolute atomic E-state index is 14.2. The van der Waals surface area contributed by atoms with Crippen molar-refractivity contribution in [2.75, 3.05) is 26.7 Å². The second-order valence-electron chi connectivity index (χ2n) is 10.5. The molecule has 1 aliphatic heterocycles. The van der Waals surface area contributed by atoms with Gasteiger partial charge < -0.3 is 25.2 Å². The quantitative estimate of drug-likeness (QED) is 0.449.